The van der Waals surface area contributed by atoms with Gasteiger partial charge >= 0.3 is 0 Å². The number of benzene rings is 1. The molecule has 0 aliphatic carbocycles. The fourth-order valence-corrected chi connectivity index (χ4v) is 5.00. The van der Waals surface area contributed by atoms with Crippen LogP contribution in [-0.2, 0) is 4.79 Å². The molecule has 160 valence electrons. The lowest BCUT2D eigenvalue weighted by atomic mass is 9.84. The number of allylic oxidation sites excluding steroid dienone is 2. The molecule has 30 heavy (non-hydrogen) atoms. The van der Waals surface area contributed by atoms with Gasteiger partial charge in [0.2, 0.25) is 5.91 Å². The second-order valence-electron chi connectivity index (χ2n) is 8.46. The predicted molar refractivity (Wildman–Crippen MR) is 122 cm³/mol. The number of hydrogen-bond acceptors (Lipinski definition) is 5. The number of piperazine rings is 1. The summed E-state index contributed by atoms with van der Waals surface area (Å²) in [6, 6.07) is 8.64. The first-order valence-electron chi connectivity index (χ1n) is 10.6. The minimum absolute atomic E-state index is 0.122. The van der Waals surface area contributed by atoms with E-state index in [9.17, 15) is 4.79 Å². The van der Waals surface area contributed by atoms with Crippen LogP contribution in [0.4, 0.5) is 0 Å². The van der Waals surface area contributed by atoms with Crippen LogP contribution in [0.15, 0.2) is 46.7 Å². The summed E-state index contributed by atoms with van der Waals surface area (Å²) in [5.74, 6) is 0.459. The van der Waals surface area contributed by atoms with E-state index < -0.39 is 5.54 Å². The van der Waals surface area contributed by atoms with Crippen molar-refractivity contribution in [1.29, 1.82) is 0 Å². The maximum Gasteiger partial charge on any atom is 0.240 e. The highest BCUT2D eigenvalue weighted by atomic mass is 35.5. The van der Waals surface area contributed by atoms with Crippen LogP contribution in [0.2, 0.25) is 0 Å². The highest BCUT2D eigenvalue weighted by molar-refractivity contribution is 6.32. The van der Waals surface area contributed by atoms with Gasteiger partial charge in [-0.2, -0.15) is 5.10 Å². The fourth-order valence-electron chi connectivity index (χ4n) is 4.74. The smallest absolute Gasteiger partial charge is 0.240 e. The van der Waals surface area contributed by atoms with Gasteiger partial charge in [0.15, 0.2) is 0 Å². The number of likely N-dealkylation sites (tertiary alicyclic amines) is 1. The van der Waals surface area contributed by atoms with Crippen molar-refractivity contribution in [2.45, 2.75) is 31.2 Å². The molecule has 1 aromatic carbocycles. The number of piperidine rings is 1. The Bertz CT molecular complexity index is 883. The summed E-state index contributed by atoms with van der Waals surface area (Å²) < 4.78 is 0. The standard InChI is InChI=1S/C23H30ClN5O/c1-16(18-4-6-19(7-5-18)20-14-27-28(3)15-20)21(17(2)24)29-12-8-23(9-13-29)22(30)25-10-11-26-23/h4-7,14,20,26H,2,8-13,15H2,1,3H3,(H,25,30). The molecule has 1 unspecified atom stereocenters. The van der Waals surface area contributed by atoms with Crippen LogP contribution in [0.1, 0.15) is 36.8 Å². The molecule has 4 rings (SSSR count). The third-order valence-electron chi connectivity index (χ3n) is 6.53. The van der Waals surface area contributed by atoms with Gasteiger partial charge in [0.1, 0.15) is 5.54 Å². The Balaban J connectivity index is 1.52. The number of nitrogens with zero attached hydrogens (tertiary/aromatic N) is 3. The number of nitrogens with one attached hydrogen (secondary N) is 2. The van der Waals surface area contributed by atoms with Crippen LogP contribution >= 0.6 is 11.6 Å². The molecule has 3 heterocycles. The average Bonchev–Trinajstić information content (AvgIpc) is 3.18. The van der Waals surface area contributed by atoms with Crippen LogP contribution in [0.3, 0.4) is 0 Å². The molecular formula is C23H30ClN5O. The van der Waals surface area contributed by atoms with Gasteiger partial charge in [0, 0.05) is 51.9 Å². The van der Waals surface area contributed by atoms with Crippen molar-refractivity contribution < 1.29 is 4.79 Å². The molecule has 3 aliphatic heterocycles. The van der Waals surface area contributed by atoms with Gasteiger partial charge in [-0.1, -0.05) is 42.4 Å². The van der Waals surface area contributed by atoms with Crippen molar-refractivity contribution in [3.63, 3.8) is 0 Å². The molecule has 1 spiro atoms. The third-order valence-corrected chi connectivity index (χ3v) is 6.71. The largest absolute Gasteiger partial charge is 0.370 e. The van der Waals surface area contributed by atoms with Crippen molar-refractivity contribution in [2.75, 3.05) is 39.8 Å². The van der Waals surface area contributed by atoms with Gasteiger partial charge in [-0.3, -0.25) is 9.80 Å². The van der Waals surface area contributed by atoms with E-state index in [1.807, 2.05) is 18.3 Å². The third kappa shape index (κ3) is 3.98. The molecule has 0 radical (unpaired) electrons. The number of likely N-dealkylation sites (N-methyl/N-ethyl adjacent to an activating group) is 1. The zero-order valence-electron chi connectivity index (χ0n) is 17.7. The van der Waals surface area contributed by atoms with Gasteiger partial charge in [-0.05, 0) is 36.5 Å². The van der Waals surface area contributed by atoms with Gasteiger partial charge in [0.25, 0.3) is 0 Å². The second-order valence-corrected chi connectivity index (χ2v) is 8.92. The monoisotopic (exact) mass is 427 g/mol. The number of halogens is 1. The minimum Gasteiger partial charge on any atom is -0.370 e. The van der Waals surface area contributed by atoms with Crippen LogP contribution in [0.5, 0.6) is 0 Å². The zero-order valence-corrected chi connectivity index (χ0v) is 18.5. The number of amides is 1. The van der Waals surface area contributed by atoms with E-state index in [1.54, 1.807) is 0 Å². The molecular weight excluding hydrogens is 398 g/mol. The van der Waals surface area contributed by atoms with E-state index in [1.165, 1.54) is 5.56 Å². The summed E-state index contributed by atoms with van der Waals surface area (Å²) in [4.78, 5) is 14.7. The normalized spacial score (nSPS) is 24.1. The molecule has 1 aromatic rings. The van der Waals surface area contributed by atoms with E-state index >= 15 is 0 Å². The zero-order chi connectivity index (χ0) is 21.3. The van der Waals surface area contributed by atoms with Crippen LogP contribution in [0, 0.1) is 0 Å². The Kier molecular flexibility index (Phi) is 5.89. The quantitative estimate of drug-likeness (QED) is 0.725. The average molecular weight is 428 g/mol. The van der Waals surface area contributed by atoms with Crippen LogP contribution < -0.4 is 10.6 Å². The molecule has 3 aliphatic rings. The Morgan fingerprint density at radius 1 is 1.23 bits per heavy atom. The highest BCUT2D eigenvalue weighted by Crippen LogP contribution is 2.33. The molecule has 2 fully saturated rings. The molecule has 0 saturated carbocycles. The molecule has 0 bridgehead atoms. The SMILES string of the molecule is C=C(Cl)C(=C(C)c1ccc(C2C=NN(C)C2)cc1)N1CCC2(CC1)NCCNC2=O. The van der Waals surface area contributed by atoms with E-state index in [0.29, 0.717) is 17.5 Å². The molecule has 7 heteroatoms. The summed E-state index contributed by atoms with van der Waals surface area (Å²) in [6.45, 7) is 10.1. The predicted octanol–water partition coefficient (Wildman–Crippen LogP) is 2.74. The maximum absolute atomic E-state index is 12.4. The Labute approximate surface area is 183 Å². The first-order valence-corrected chi connectivity index (χ1v) is 11.0. The number of carbonyl (C=O) groups is 1. The van der Waals surface area contributed by atoms with Crippen molar-refractivity contribution in [3.05, 3.63) is 52.7 Å². The van der Waals surface area contributed by atoms with E-state index in [-0.39, 0.29) is 5.91 Å². The number of hydrazone groups is 1. The minimum atomic E-state index is -0.445. The molecule has 1 atom stereocenters. The summed E-state index contributed by atoms with van der Waals surface area (Å²) in [7, 11) is 1.99. The van der Waals surface area contributed by atoms with Gasteiger partial charge in [-0.25, -0.2) is 0 Å². The summed E-state index contributed by atoms with van der Waals surface area (Å²) in [5, 5.41) is 13.3. The molecule has 2 N–H and O–H groups in total. The summed E-state index contributed by atoms with van der Waals surface area (Å²) in [6.07, 6.45) is 3.52. The lowest BCUT2D eigenvalue weighted by molar-refractivity contribution is -0.131. The maximum atomic E-state index is 12.4. The van der Waals surface area contributed by atoms with E-state index in [2.05, 4.69) is 58.4 Å². The molecule has 6 nitrogen and oxygen atoms in total. The molecule has 1 amide bonds. The van der Waals surface area contributed by atoms with Crippen molar-refractivity contribution >= 4 is 29.3 Å². The number of carbonyl (C=O) groups excluding carboxylic acids is 1. The van der Waals surface area contributed by atoms with Crippen molar-refractivity contribution in [3.8, 4) is 0 Å². The Morgan fingerprint density at radius 2 is 1.93 bits per heavy atom. The van der Waals surface area contributed by atoms with E-state index in [0.717, 1.165) is 55.9 Å². The number of hydrogen-bond donors (Lipinski definition) is 2. The summed E-state index contributed by atoms with van der Waals surface area (Å²) in [5.41, 5.74) is 4.03. The Morgan fingerprint density at radius 3 is 2.50 bits per heavy atom. The lowest BCUT2D eigenvalue weighted by Crippen LogP contribution is -2.66. The molecule has 2 saturated heterocycles. The fraction of sp³-hybridized carbons (Fsp3) is 0.478. The lowest BCUT2D eigenvalue weighted by Gasteiger charge is -2.45. The van der Waals surface area contributed by atoms with Gasteiger partial charge in [0.05, 0.1) is 10.7 Å². The van der Waals surface area contributed by atoms with Crippen molar-refractivity contribution in [2.24, 2.45) is 5.10 Å². The molecule has 0 aromatic heterocycles. The Hall–Kier alpha value is -2.31. The first kappa shape index (κ1) is 20.9. The van der Waals surface area contributed by atoms with Gasteiger partial charge < -0.3 is 15.5 Å². The van der Waals surface area contributed by atoms with Gasteiger partial charge in [-0.15, -0.1) is 0 Å². The van der Waals surface area contributed by atoms with E-state index in [4.69, 9.17) is 11.6 Å². The first-order chi connectivity index (χ1) is 14.4. The van der Waals surface area contributed by atoms with Crippen LogP contribution in [-0.4, -0.2) is 67.3 Å². The highest BCUT2D eigenvalue weighted by Gasteiger charge is 2.43. The number of rotatable bonds is 4. The van der Waals surface area contributed by atoms with Crippen molar-refractivity contribution in [1.82, 2.24) is 20.5 Å². The second kappa shape index (κ2) is 8.44. The topological polar surface area (TPSA) is 60.0 Å². The summed E-state index contributed by atoms with van der Waals surface area (Å²) >= 11 is 6.47. The van der Waals surface area contributed by atoms with Crippen LogP contribution in [0.25, 0.3) is 5.57 Å².